The van der Waals surface area contributed by atoms with Crippen LogP contribution in [0.25, 0.3) is 6.08 Å². The van der Waals surface area contributed by atoms with E-state index in [2.05, 4.69) is 0 Å². The third-order valence-corrected chi connectivity index (χ3v) is 6.80. The summed E-state index contributed by atoms with van der Waals surface area (Å²) in [5.41, 5.74) is 3.07. The molecule has 3 aromatic carbocycles. The number of hydrogen-bond donors (Lipinski definition) is 0. The van der Waals surface area contributed by atoms with Gasteiger partial charge in [-0.2, -0.15) is 0 Å². The summed E-state index contributed by atoms with van der Waals surface area (Å²) in [6, 6.07) is 23.5. The van der Waals surface area contributed by atoms with E-state index < -0.39 is 10.0 Å². The minimum Gasteiger partial charge on any atom is -0.497 e. The zero-order valence-corrected chi connectivity index (χ0v) is 18.5. The molecular weight excluding hydrogens is 424 g/mol. The van der Waals surface area contributed by atoms with Crippen LogP contribution in [0.4, 0.5) is 11.4 Å². The van der Waals surface area contributed by atoms with E-state index >= 15 is 0 Å². The Kier molecular flexibility index (Phi) is 6.28. The lowest BCUT2D eigenvalue weighted by Gasteiger charge is -2.25. The van der Waals surface area contributed by atoms with Crippen molar-refractivity contribution in [2.24, 2.45) is 0 Å². The number of hydrogen-bond acceptors (Lipinski definition) is 4. The number of para-hydroxylation sites is 1. The van der Waals surface area contributed by atoms with E-state index in [0.29, 0.717) is 18.0 Å². The molecule has 1 amide bonds. The monoisotopic (exact) mass is 448 g/mol. The van der Waals surface area contributed by atoms with E-state index in [1.165, 1.54) is 6.08 Å². The Bertz CT molecular complexity index is 1220. The highest BCUT2D eigenvalue weighted by atomic mass is 32.2. The van der Waals surface area contributed by atoms with Crippen molar-refractivity contribution in [3.63, 3.8) is 0 Å². The minimum atomic E-state index is -3.93. The van der Waals surface area contributed by atoms with Gasteiger partial charge >= 0.3 is 0 Å². The van der Waals surface area contributed by atoms with Crippen molar-refractivity contribution >= 4 is 33.4 Å². The Morgan fingerprint density at radius 3 is 2.41 bits per heavy atom. The quantitative estimate of drug-likeness (QED) is 0.546. The van der Waals surface area contributed by atoms with Crippen LogP contribution in [0.3, 0.4) is 0 Å². The fourth-order valence-corrected chi connectivity index (χ4v) is 4.87. The van der Waals surface area contributed by atoms with E-state index in [1.807, 2.05) is 54.6 Å². The summed E-state index contributed by atoms with van der Waals surface area (Å²) in [6.45, 7) is 0.233. The molecule has 0 aliphatic carbocycles. The number of anilines is 2. The maximum atomic E-state index is 13.3. The molecule has 6 nitrogen and oxygen atoms in total. The molecule has 0 fully saturated rings. The second-order valence-electron chi connectivity index (χ2n) is 7.39. The molecule has 0 unspecified atom stereocenters. The molecule has 7 heteroatoms. The number of rotatable bonds is 7. The van der Waals surface area contributed by atoms with Gasteiger partial charge in [0.2, 0.25) is 5.91 Å². The Morgan fingerprint density at radius 1 is 1.00 bits per heavy atom. The van der Waals surface area contributed by atoms with Gasteiger partial charge in [0, 0.05) is 12.2 Å². The standard InChI is InChI=1S/C25H24N2O4S/c1-31-23-13-11-22(12-14-23)27(32(29,30)18-16-20-7-3-2-4-8-20)19-25(28)26-17-15-21-9-5-6-10-24(21)26/h2-14,16,18H,15,17,19H2,1H3/b18-16+. The zero-order valence-electron chi connectivity index (χ0n) is 17.7. The first-order chi connectivity index (χ1) is 15.5. The van der Waals surface area contributed by atoms with Crippen LogP contribution in [-0.4, -0.2) is 34.5 Å². The van der Waals surface area contributed by atoms with E-state index in [0.717, 1.165) is 32.9 Å². The second kappa shape index (κ2) is 9.28. The number of fused-ring (bicyclic) bond motifs is 1. The van der Waals surface area contributed by atoms with Gasteiger partial charge in [-0.25, -0.2) is 8.42 Å². The van der Waals surface area contributed by atoms with E-state index in [4.69, 9.17) is 4.74 Å². The lowest BCUT2D eigenvalue weighted by atomic mass is 10.2. The Balaban J connectivity index is 1.64. The maximum Gasteiger partial charge on any atom is 0.257 e. The van der Waals surface area contributed by atoms with E-state index in [-0.39, 0.29) is 12.5 Å². The SMILES string of the molecule is COc1ccc(N(CC(=O)N2CCc3ccccc32)S(=O)(=O)/C=C/c2ccccc2)cc1. The number of nitrogens with zero attached hydrogens (tertiary/aromatic N) is 2. The fourth-order valence-electron chi connectivity index (χ4n) is 3.68. The molecular formula is C25H24N2O4S. The van der Waals surface area contributed by atoms with Crippen LogP contribution in [-0.2, 0) is 21.2 Å². The minimum absolute atomic E-state index is 0.276. The van der Waals surface area contributed by atoms with Crippen LogP contribution >= 0.6 is 0 Å². The van der Waals surface area contributed by atoms with Gasteiger partial charge in [-0.15, -0.1) is 0 Å². The fraction of sp³-hybridized carbons (Fsp3) is 0.160. The molecule has 1 heterocycles. The Hall–Kier alpha value is -3.58. The molecule has 1 aliphatic heterocycles. The van der Waals surface area contributed by atoms with Crippen LogP contribution in [0.5, 0.6) is 5.75 Å². The molecule has 0 radical (unpaired) electrons. The first-order valence-corrected chi connectivity index (χ1v) is 11.8. The molecule has 3 aromatic rings. The van der Waals surface area contributed by atoms with Gasteiger partial charge in [-0.05, 0) is 54.0 Å². The highest BCUT2D eigenvalue weighted by Crippen LogP contribution is 2.29. The number of ether oxygens (including phenoxy) is 1. The van der Waals surface area contributed by atoms with E-state index in [9.17, 15) is 13.2 Å². The third kappa shape index (κ3) is 4.68. The lowest BCUT2D eigenvalue weighted by Crippen LogP contribution is -2.42. The normalized spacial score (nSPS) is 13.2. The molecule has 0 spiro atoms. The summed E-state index contributed by atoms with van der Waals surface area (Å²) >= 11 is 0. The van der Waals surface area contributed by atoms with Crippen molar-refractivity contribution in [3.8, 4) is 5.75 Å². The smallest absolute Gasteiger partial charge is 0.257 e. The highest BCUT2D eigenvalue weighted by molar-refractivity contribution is 7.95. The predicted octanol–water partition coefficient (Wildman–Crippen LogP) is 4.09. The van der Waals surface area contributed by atoms with Crippen molar-refractivity contribution in [2.45, 2.75) is 6.42 Å². The average molecular weight is 449 g/mol. The van der Waals surface area contributed by atoms with Gasteiger partial charge in [0.1, 0.15) is 12.3 Å². The topological polar surface area (TPSA) is 66.9 Å². The number of carbonyl (C=O) groups excluding carboxylic acids is 1. The molecule has 164 valence electrons. The third-order valence-electron chi connectivity index (χ3n) is 5.37. The molecule has 0 aromatic heterocycles. The number of benzene rings is 3. The Morgan fingerprint density at radius 2 is 1.69 bits per heavy atom. The first kappa shape index (κ1) is 21.6. The summed E-state index contributed by atoms with van der Waals surface area (Å²) < 4.78 is 32.9. The molecule has 32 heavy (non-hydrogen) atoms. The average Bonchev–Trinajstić information content (AvgIpc) is 3.26. The largest absolute Gasteiger partial charge is 0.497 e. The molecule has 0 N–H and O–H groups in total. The molecule has 1 aliphatic rings. The first-order valence-electron chi connectivity index (χ1n) is 10.3. The number of methoxy groups -OCH3 is 1. The predicted molar refractivity (Wildman–Crippen MR) is 127 cm³/mol. The van der Waals surface area contributed by atoms with Crippen LogP contribution in [0.1, 0.15) is 11.1 Å². The van der Waals surface area contributed by atoms with Gasteiger partial charge in [-0.3, -0.25) is 9.10 Å². The lowest BCUT2D eigenvalue weighted by molar-refractivity contribution is -0.117. The molecule has 0 atom stereocenters. The van der Waals surface area contributed by atoms with Crippen LogP contribution < -0.4 is 13.9 Å². The zero-order chi connectivity index (χ0) is 22.6. The number of sulfonamides is 1. The van der Waals surface area contributed by atoms with Gasteiger partial charge in [-0.1, -0.05) is 48.5 Å². The van der Waals surface area contributed by atoms with Crippen LogP contribution in [0.2, 0.25) is 0 Å². The highest BCUT2D eigenvalue weighted by Gasteiger charge is 2.29. The second-order valence-corrected chi connectivity index (χ2v) is 9.13. The van der Waals surface area contributed by atoms with E-state index in [1.54, 1.807) is 36.3 Å². The molecule has 0 bridgehead atoms. The summed E-state index contributed by atoms with van der Waals surface area (Å²) in [7, 11) is -2.39. The number of carbonyl (C=O) groups is 1. The van der Waals surface area contributed by atoms with Crippen molar-refractivity contribution in [1.29, 1.82) is 0 Å². The van der Waals surface area contributed by atoms with Gasteiger partial charge in [0.25, 0.3) is 10.0 Å². The summed E-state index contributed by atoms with van der Waals surface area (Å²) in [4.78, 5) is 14.9. The van der Waals surface area contributed by atoms with Gasteiger partial charge in [0.05, 0.1) is 18.2 Å². The van der Waals surface area contributed by atoms with Crippen molar-refractivity contribution < 1.29 is 17.9 Å². The van der Waals surface area contributed by atoms with Crippen molar-refractivity contribution in [2.75, 3.05) is 29.4 Å². The van der Waals surface area contributed by atoms with Crippen LogP contribution in [0.15, 0.2) is 84.3 Å². The summed E-state index contributed by atoms with van der Waals surface area (Å²) in [5, 5.41) is 1.14. The molecule has 0 saturated heterocycles. The van der Waals surface area contributed by atoms with Crippen molar-refractivity contribution in [3.05, 3.63) is 95.4 Å². The summed E-state index contributed by atoms with van der Waals surface area (Å²) in [5.74, 6) is 0.327. The molecule has 0 saturated carbocycles. The number of amides is 1. The maximum absolute atomic E-state index is 13.3. The molecule has 4 rings (SSSR count). The summed E-state index contributed by atoms with van der Waals surface area (Å²) in [6.07, 6.45) is 2.28. The van der Waals surface area contributed by atoms with Gasteiger partial charge < -0.3 is 9.64 Å². The van der Waals surface area contributed by atoms with Crippen LogP contribution in [0, 0.1) is 0 Å². The Labute approximate surface area is 188 Å². The van der Waals surface area contributed by atoms with Crippen molar-refractivity contribution in [1.82, 2.24) is 0 Å². The van der Waals surface area contributed by atoms with Gasteiger partial charge in [0.15, 0.2) is 0 Å².